The molecule has 0 saturated heterocycles. The lowest BCUT2D eigenvalue weighted by atomic mass is 10.1. The Hall–Kier alpha value is -2.10. The molecular formula is C15H19N3O. The predicted molar refractivity (Wildman–Crippen MR) is 74.8 cm³/mol. The number of aryl methyl sites for hydroxylation is 1. The average Bonchev–Trinajstić information content (AvgIpc) is 2.89. The van der Waals surface area contributed by atoms with Crippen molar-refractivity contribution in [3.05, 3.63) is 53.9 Å². The number of rotatable bonds is 5. The molecule has 2 aromatic rings. The van der Waals surface area contributed by atoms with Gasteiger partial charge in [0.2, 0.25) is 0 Å². The topological polar surface area (TPSA) is 46.9 Å². The molecule has 0 aliphatic heterocycles. The van der Waals surface area contributed by atoms with E-state index < -0.39 is 0 Å². The third kappa shape index (κ3) is 3.44. The van der Waals surface area contributed by atoms with Crippen LogP contribution in [-0.2, 0) is 6.54 Å². The molecule has 2 rings (SSSR count). The molecule has 1 heterocycles. The standard InChI is InChI=1S/C15H19N3O/c1-3-10-18-11-9-14(17-18)15(19)16-12(2)13-7-5-4-6-8-13/h4-9,11-12H,3,10H2,1-2H3,(H,16,19)/t12-/m0/s1. The van der Waals surface area contributed by atoms with E-state index in [-0.39, 0.29) is 11.9 Å². The van der Waals surface area contributed by atoms with Crippen molar-refractivity contribution in [1.29, 1.82) is 0 Å². The maximum atomic E-state index is 12.1. The molecule has 0 aliphatic carbocycles. The van der Waals surface area contributed by atoms with Crippen molar-refractivity contribution in [1.82, 2.24) is 15.1 Å². The van der Waals surface area contributed by atoms with Crippen LogP contribution in [0.5, 0.6) is 0 Å². The molecule has 1 N–H and O–H groups in total. The third-order valence-corrected chi connectivity index (χ3v) is 2.97. The minimum atomic E-state index is -0.133. The minimum Gasteiger partial charge on any atom is -0.344 e. The molecular weight excluding hydrogens is 238 g/mol. The molecule has 1 amide bonds. The van der Waals surface area contributed by atoms with E-state index in [4.69, 9.17) is 0 Å². The summed E-state index contributed by atoms with van der Waals surface area (Å²) in [5, 5.41) is 7.20. The first-order valence-electron chi connectivity index (χ1n) is 6.60. The van der Waals surface area contributed by atoms with E-state index in [0.717, 1.165) is 18.5 Å². The van der Waals surface area contributed by atoms with Crippen molar-refractivity contribution in [3.8, 4) is 0 Å². The first kappa shape index (κ1) is 13.3. The summed E-state index contributed by atoms with van der Waals surface area (Å²) in [6.07, 6.45) is 2.84. The van der Waals surface area contributed by atoms with Crippen LogP contribution >= 0.6 is 0 Å². The molecule has 4 nitrogen and oxygen atoms in total. The van der Waals surface area contributed by atoms with Crippen LogP contribution in [0.1, 0.15) is 42.4 Å². The van der Waals surface area contributed by atoms with Crippen molar-refractivity contribution in [2.45, 2.75) is 32.9 Å². The highest BCUT2D eigenvalue weighted by Gasteiger charge is 2.13. The van der Waals surface area contributed by atoms with Crippen molar-refractivity contribution in [2.24, 2.45) is 0 Å². The SMILES string of the molecule is CCCn1ccc(C(=O)N[C@@H](C)c2ccccc2)n1. The minimum absolute atomic E-state index is 0.0231. The summed E-state index contributed by atoms with van der Waals surface area (Å²) in [7, 11) is 0. The Kier molecular flexibility index (Phi) is 4.34. The van der Waals surface area contributed by atoms with E-state index in [0.29, 0.717) is 5.69 Å². The summed E-state index contributed by atoms with van der Waals surface area (Å²) in [5.41, 5.74) is 1.56. The fourth-order valence-electron chi connectivity index (χ4n) is 1.93. The van der Waals surface area contributed by atoms with E-state index in [9.17, 15) is 4.79 Å². The van der Waals surface area contributed by atoms with E-state index in [1.807, 2.05) is 43.5 Å². The zero-order valence-electron chi connectivity index (χ0n) is 11.3. The maximum Gasteiger partial charge on any atom is 0.272 e. The van der Waals surface area contributed by atoms with Crippen LogP contribution in [-0.4, -0.2) is 15.7 Å². The van der Waals surface area contributed by atoms with Crippen molar-refractivity contribution < 1.29 is 4.79 Å². The van der Waals surface area contributed by atoms with Gasteiger partial charge in [-0.2, -0.15) is 5.10 Å². The zero-order chi connectivity index (χ0) is 13.7. The van der Waals surface area contributed by atoms with Crippen LogP contribution in [0.3, 0.4) is 0 Å². The number of benzene rings is 1. The Balaban J connectivity index is 2.00. The van der Waals surface area contributed by atoms with Gasteiger partial charge in [0.15, 0.2) is 0 Å². The smallest absolute Gasteiger partial charge is 0.272 e. The zero-order valence-corrected chi connectivity index (χ0v) is 11.3. The Morgan fingerprint density at radius 3 is 2.74 bits per heavy atom. The number of hydrogen-bond donors (Lipinski definition) is 1. The van der Waals surface area contributed by atoms with Gasteiger partial charge in [0, 0.05) is 12.7 Å². The molecule has 1 atom stereocenters. The van der Waals surface area contributed by atoms with Gasteiger partial charge >= 0.3 is 0 Å². The van der Waals surface area contributed by atoms with Crippen LogP contribution in [0.25, 0.3) is 0 Å². The van der Waals surface area contributed by atoms with Crippen molar-refractivity contribution in [2.75, 3.05) is 0 Å². The molecule has 0 unspecified atom stereocenters. The molecule has 19 heavy (non-hydrogen) atoms. The lowest BCUT2D eigenvalue weighted by Gasteiger charge is -2.13. The second kappa shape index (κ2) is 6.18. The van der Waals surface area contributed by atoms with E-state index >= 15 is 0 Å². The Labute approximate surface area is 113 Å². The van der Waals surface area contributed by atoms with Gasteiger partial charge in [0.05, 0.1) is 6.04 Å². The van der Waals surface area contributed by atoms with Crippen LogP contribution in [0.2, 0.25) is 0 Å². The number of carbonyl (C=O) groups is 1. The molecule has 0 spiro atoms. The molecule has 4 heteroatoms. The van der Waals surface area contributed by atoms with Gasteiger partial charge in [-0.3, -0.25) is 9.48 Å². The van der Waals surface area contributed by atoms with Gasteiger partial charge < -0.3 is 5.32 Å². The fraction of sp³-hybridized carbons (Fsp3) is 0.333. The highest BCUT2D eigenvalue weighted by molar-refractivity contribution is 5.92. The lowest BCUT2D eigenvalue weighted by molar-refractivity contribution is 0.0934. The normalized spacial score (nSPS) is 12.1. The molecule has 1 aromatic heterocycles. The highest BCUT2D eigenvalue weighted by Crippen LogP contribution is 2.11. The molecule has 0 radical (unpaired) electrons. The summed E-state index contributed by atoms with van der Waals surface area (Å²) in [6, 6.07) is 11.6. The average molecular weight is 257 g/mol. The summed E-state index contributed by atoms with van der Waals surface area (Å²) >= 11 is 0. The van der Waals surface area contributed by atoms with Gasteiger partial charge in [0.25, 0.3) is 5.91 Å². The highest BCUT2D eigenvalue weighted by atomic mass is 16.2. The number of hydrogen-bond acceptors (Lipinski definition) is 2. The number of nitrogens with zero attached hydrogens (tertiary/aromatic N) is 2. The summed E-state index contributed by atoms with van der Waals surface area (Å²) in [6.45, 7) is 4.89. The molecule has 0 saturated carbocycles. The maximum absolute atomic E-state index is 12.1. The lowest BCUT2D eigenvalue weighted by Crippen LogP contribution is -2.27. The Morgan fingerprint density at radius 1 is 1.32 bits per heavy atom. The molecule has 0 bridgehead atoms. The summed E-state index contributed by atoms with van der Waals surface area (Å²) < 4.78 is 1.79. The first-order valence-corrected chi connectivity index (χ1v) is 6.60. The van der Waals surface area contributed by atoms with Gasteiger partial charge in [-0.25, -0.2) is 0 Å². The van der Waals surface area contributed by atoms with Crippen LogP contribution in [0, 0.1) is 0 Å². The monoisotopic (exact) mass is 257 g/mol. The third-order valence-electron chi connectivity index (χ3n) is 2.97. The summed E-state index contributed by atoms with van der Waals surface area (Å²) in [5.74, 6) is -0.133. The van der Waals surface area contributed by atoms with Crippen molar-refractivity contribution >= 4 is 5.91 Å². The summed E-state index contributed by atoms with van der Waals surface area (Å²) in [4.78, 5) is 12.1. The number of aromatic nitrogens is 2. The Morgan fingerprint density at radius 2 is 2.05 bits per heavy atom. The quantitative estimate of drug-likeness (QED) is 0.895. The number of carbonyl (C=O) groups excluding carboxylic acids is 1. The molecule has 0 aliphatic rings. The van der Waals surface area contributed by atoms with E-state index in [2.05, 4.69) is 17.3 Å². The van der Waals surface area contributed by atoms with Gasteiger partial charge in [-0.05, 0) is 25.0 Å². The fourth-order valence-corrected chi connectivity index (χ4v) is 1.93. The van der Waals surface area contributed by atoms with Gasteiger partial charge in [-0.15, -0.1) is 0 Å². The van der Waals surface area contributed by atoms with E-state index in [1.54, 1.807) is 10.7 Å². The van der Waals surface area contributed by atoms with E-state index in [1.165, 1.54) is 0 Å². The second-order valence-corrected chi connectivity index (χ2v) is 4.57. The van der Waals surface area contributed by atoms with Crippen LogP contribution in [0.15, 0.2) is 42.6 Å². The van der Waals surface area contributed by atoms with Gasteiger partial charge in [-0.1, -0.05) is 37.3 Å². The molecule has 100 valence electrons. The number of amides is 1. The molecule has 0 fully saturated rings. The Bertz CT molecular complexity index is 533. The van der Waals surface area contributed by atoms with Crippen LogP contribution < -0.4 is 5.32 Å². The first-order chi connectivity index (χ1) is 9.20. The molecule has 1 aromatic carbocycles. The van der Waals surface area contributed by atoms with Crippen molar-refractivity contribution in [3.63, 3.8) is 0 Å². The largest absolute Gasteiger partial charge is 0.344 e. The number of nitrogens with one attached hydrogen (secondary N) is 1. The van der Waals surface area contributed by atoms with Gasteiger partial charge in [0.1, 0.15) is 5.69 Å². The second-order valence-electron chi connectivity index (χ2n) is 4.57. The van der Waals surface area contributed by atoms with Crippen LogP contribution in [0.4, 0.5) is 0 Å². The predicted octanol–water partition coefficient (Wildman–Crippen LogP) is 2.78.